The van der Waals surface area contributed by atoms with Crippen LogP contribution >= 0.6 is 0 Å². The van der Waals surface area contributed by atoms with E-state index in [2.05, 4.69) is 4.18 Å². The highest BCUT2D eigenvalue weighted by Crippen LogP contribution is 2.36. The monoisotopic (exact) mass is 502 g/mol. The number of rotatable bonds is 4. The number of benzene rings is 3. The van der Waals surface area contributed by atoms with E-state index in [1.165, 1.54) is 6.07 Å². The summed E-state index contributed by atoms with van der Waals surface area (Å²) in [5.74, 6) is -0.587. The van der Waals surface area contributed by atoms with Crippen LogP contribution in [0.4, 0.5) is 13.2 Å². The van der Waals surface area contributed by atoms with E-state index in [1.54, 1.807) is 42.5 Å². The fraction of sp³-hybridized carbons (Fsp3) is 0.192. The van der Waals surface area contributed by atoms with Crippen LogP contribution in [-0.2, 0) is 15.5 Å². The van der Waals surface area contributed by atoms with E-state index in [0.717, 1.165) is 17.7 Å². The van der Waals surface area contributed by atoms with Crippen molar-refractivity contribution >= 4 is 21.1 Å². The number of hydrogen-bond acceptors (Lipinski definition) is 5. The molecule has 3 aromatic carbocycles. The van der Waals surface area contributed by atoms with Crippen LogP contribution in [0.15, 0.2) is 82.0 Å². The number of halogens is 3. The highest BCUT2D eigenvalue weighted by Gasteiger charge is 2.49. The second kappa shape index (κ2) is 8.57. The van der Waals surface area contributed by atoms with Crippen LogP contribution in [0.2, 0.25) is 0 Å². The van der Waals surface area contributed by atoms with Crippen molar-refractivity contribution in [3.63, 3.8) is 0 Å². The molecular weight excluding hydrogens is 481 g/mol. The molecule has 4 aromatic rings. The second-order valence-electron chi connectivity index (χ2n) is 9.00. The van der Waals surface area contributed by atoms with Crippen LogP contribution in [0.3, 0.4) is 0 Å². The van der Waals surface area contributed by atoms with Gasteiger partial charge in [-0.05, 0) is 34.2 Å². The van der Waals surface area contributed by atoms with E-state index in [9.17, 15) is 26.4 Å². The molecule has 1 heterocycles. The average Bonchev–Trinajstić information content (AvgIpc) is 2.77. The van der Waals surface area contributed by atoms with E-state index in [0.29, 0.717) is 16.7 Å². The van der Waals surface area contributed by atoms with Gasteiger partial charge in [-0.1, -0.05) is 75.4 Å². The van der Waals surface area contributed by atoms with Gasteiger partial charge in [-0.3, -0.25) is 4.79 Å². The summed E-state index contributed by atoms with van der Waals surface area (Å²) in [6.07, 6.45) is 0. The quantitative estimate of drug-likeness (QED) is 0.231. The van der Waals surface area contributed by atoms with Gasteiger partial charge in [0.25, 0.3) is 0 Å². The molecule has 0 aliphatic rings. The maximum atomic E-state index is 13.1. The van der Waals surface area contributed by atoms with Crippen molar-refractivity contribution < 1.29 is 30.2 Å². The Morgan fingerprint density at radius 3 is 2.00 bits per heavy atom. The molecule has 0 N–H and O–H groups in total. The molecule has 9 heteroatoms. The summed E-state index contributed by atoms with van der Waals surface area (Å²) in [6.45, 7) is 6.10. The first-order valence-corrected chi connectivity index (χ1v) is 12.0. The van der Waals surface area contributed by atoms with Crippen molar-refractivity contribution in [3.05, 3.63) is 88.6 Å². The summed E-state index contributed by atoms with van der Waals surface area (Å²) >= 11 is 0. The molecule has 0 radical (unpaired) electrons. The smallest absolute Gasteiger partial charge is 0.456 e. The molecule has 0 saturated carbocycles. The minimum Gasteiger partial charge on any atom is -0.456 e. The molecule has 5 nitrogen and oxygen atoms in total. The molecule has 0 unspecified atom stereocenters. The molecular formula is C26H21F3O5S. The highest BCUT2D eigenvalue weighted by molar-refractivity contribution is 7.88. The zero-order chi connectivity index (χ0) is 25.6. The number of hydrogen-bond donors (Lipinski definition) is 0. The van der Waals surface area contributed by atoms with Crippen LogP contribution in [-0.4, -0.2) is 13.9 Å². The average molecular weight is 503 g/mol. The van der Waals surface area contributed by atoms with E-state index in [1.807, 2.05) is 32.9 Å². The third kappa shape index (κ3) is 4.95. The summed E-state index contributed by atoms with van der Waals surface area (Å²) in [5.41, 5.74) is -4.18. The summed E-state index contributed by atoms with van der Waals surface area (Å²) in [5, 5.41) is -0.410. The first kappa shape index (κ1) is 24.5. The Balaban J connectivity index is 1.96. The van der Waals surface area contributed by atoms with Crippen molar-refractivity contribution in [2.45, 2.75) is 31.7 Å². The van der Waals surface area contributed by atoms with Crippen LogP contribution < -0.4 is 9.61 Å². The summed E-state index contributed by atoms with van der Waals surface area (Å²) in [7, 11) is -6.03. The van der Waals surface area contributed by atoms with Gasteiger partial charge < -0.3 is 8.60 Å². The predicted molar refractivity (Wildman–Crippen MR) is 128 cm³/mol. The van der Waals surface area contributed by atoms with Crippen molar-refractivity contribution in [1.29, 1.82) is 0 Å². The number of alkyl halides is 3. The highest BCUT2D eigenvalue weighted by atomic mass is 32.2. The normalized spacial score (nSPS) is 12.6. The Hall–Kier alpha value is -3.59. The second-order valence-corrected chi connectivity index (χ2v) is 10.5. The molecule has 0 spiro atoms. The zero-order valence-electron chi connectivity index (χ0n) is 19.0. The van der Waals surface area contributed by atoms with E-state index in [4.69, 9.17) is 4.42 Å². The van der Waals surface area contributed by atoms with Crippen LogP contribution in [0, 0.1) is 0 Å². The van der Waals surface area contributed by atoms with Crippen LogP contribution in [0.1, 0.15) is 26.3 Å². The molecule has 0 aliphatic carbocycles. The van der Waals surface area contributed by atoms with Gasteiger partial charge in [0, 0.05) is 11.6 Å². The SMILES string of the molecule is CC(C)(C)c1ccc(-c2cc(OS(=O)(=O)C(F)(F)F)c3c(=O)cc(-c4ccccc4)oc3c2)cc1. The largest absolute Gasteiger partial charge is 0.534 e. The zero-order valence-corrected chi connectivity index (χ0v) is 19.8. The third-order valence-corrected chi connectivity index (χ3v) is 6.39. The van der Waals surface area contributed by atoms with E-state index < -0.39 is 32.2 Å². The lowest BCUT2D eigenvalue weighted by atomic mass is 9.86. The fourth-order valence-electron chi connectivity index (χ4n) is 3.56. The van der Waals surface area contributed by atoms with Gasteiger partial charge in [-0.25, -0.2) is 0 Å². The van der Waals surface area contributed by atoms with Gasteiger partial charge in [-0.2, -0.15) is 21.6 Å². The summed E-state index contributed by atoms with van der Waals surface area (Å²) in [4.78, 5) is 12.9. The van der Waals surface area contributed by atoms with Crippen molar-refractivity contribution in [2.75, 3.05) is 0 Å². The van der Waals surface area contributed by atoms with Crippen LogP contribution in [0.5, 0.6) is 5.75 Å². The molecule has 35 heavy (non-hydrogen) atoms. The van der Waals surface area contributed by atoms with Crippen molar-refractivity contribution in [3.8, 4) is 28.2 Å². The lowest BCUT2D eigenvalue weighted by Crippen LogP contribution is -2.28. The van der Waals surface area contributed by atoms with Crippen molar-refractivity contribution in [2.24, 2.45) is 0 Å². The first-order valence-electron chi connectivity index (χ1n) is 10.6. The molecule has 0 bridgehead atoms. The van der Waals surface area contributed by atoms with E-state index >= 15 is 0 Å². The molecule has 0 atom stereocenters. The fourth-order valence-corrected chi connectivity index (χ4v) is 4.02. The summed E-state index contributed by atoms with van der Waals surface area (Å²) < 4.78 is 73.1. The molecule has 0 aliphatic heterocycles. The molecule has 4 rings (SSSR count). The molecule has 1 aromatic heterocycles. The lowest BCUT2D eigenvalue weighted by Gasteiger charge is -2.19. The van der Waals surface area contributed by atoms with Gasteiger partial charge in [-0.15, -0.1) is 0 Å². The summed E-state index contributed by atoms with van der Waals surface area (Å²) in [6, 6.07) is 19.5. The van der Waals surface area contributed by atoms with Crippen LogP contribution in [0.25, 0.3) is 33.4 Å². The first-order chi connectivity index (χ1) is 16.3. The number of fused-ring (bicyclic) bond motifs is 1. The maximum Gasteiger partial charge on any atom is 0.534 e. The minimum atomic E-state index is -6.03. The van der Waals surface area contributed by atoms with E-state index in [-0.39, 0.29) is 16.8 Å². The molecule has 0 saturated heterocycles. The van der Waals surface area contributed by atoms with Gasteiger partial charge in [0.05, 0.1) is 0 Å². The molecule has 0 amide bonds. The van der Waals surface area contributed by atoms with Gasteiger partial charge in [0.15, 0.2) is 11.2 Å². The maximum absolute atomic E-state index is 13.1. The van der Waals surface area contributed by atoms with Gasteiger partial charge in [0.2, 0.25) is 0 Å². The predicted octanol–water partition coefficient (Wildman–Crippen LogP) is 6.65. The standard InChI is InChI=1S/C26H21F3O5S/c1-25(2,3)19-11-9-16(10-12-19)18-13-22-24(23(14-18)34-35(31,32)26(27,28)29)20(30)15-21(33-22)17-7-5-4-6-8-17/h4-15H,1-3H3. The van der Waals surface area contributed by atoms with Gasteiger partial charge in [0.1, 0.15) is 16.7 Å². The third-order valence-electron chi connectivity index (χ3n) is 5.42. The Morgan fingerprint density at radius 1 is 0.800 bits per heavy atom. The topological polar surface area (TPSA) is 73.6 Å². The minimum absolute atomic E-state index is 0.110. The Kier molecular flexibility index (Phi) is 6.00. The Bertz CT molecular complexity index is 1550. The van der Waals surface area contributed by atoms with Gasteiger partial charge >= 0.3 is 15.6 Å². The lowest BCUT2D eigenvalue weighted by molar-refractivity contribution is -0.0499. The van der Waals surface area contributed by atoms with Crippen molar-refractivity contribution in [1.82, 2.24) is 0 Å². The molecule has 182 valence electrons. The molecule has 0 fully saturated rings. The Morgan fingerprint density at radius 2 is 1.43 bits per heavy atom. The Labute approximate surface area is 199 Å².